The number of benzene rings is 2. The Kier molecular flexibility index (Phi) is 9.18. The molecule has 2 aromatic carbocycles. The van der Waals surface area contributed by atoms with Gasteiger partial charge < -0.3 is 15.0 Å². The van der Waals surface area contributed by atoms with Crippen LogP contribution in [0.15, 0.2) is 40.9 Å². The van der Waals surface area contributed by atoms with Crippen LogP contribution in [0.25, 0.3) is 0 Å². The molecule has 0 radical (unpaired) electrons. The highest BCUT2D eigenvalue weighted by Gasteiger charge is 2.26. The molecule has 0 aliphatic heterocycles. The molecule has 0 aliphatic rings. The molecule has 7 heteroatoms. The monoisotopic (exact) mass is 494 g/mol. The number of hydrogen-bond donors (Lipinski definition) is 1. The maximum atomic E-state index is 13.0. The maximum absolute atomic E-state index is 13.0. The normalized spacial score (nSPS) is 11.7. The van der Waals surface area contributed by atoms with Crippen molar-refractivity contribution in [1.82, 2.24) is 10.2 Å². The quantitative estimate of drug-likeness (QED) is 0.530. The van der Waals surface area contributed by atoms with E-state index in [1.54, 1.807) is 19.1 Å². The number of halogens is 2. The van der Waals surface area contributed by atoms with E-state index in [4.69, 9.17) is 16.3 Å². The molecular formula is C23H28BrClN2O3. The van der Waals surface area contributed by atoms with Crippen molar-refractivity contribution in [2.75, 3.05) is 13.2 Å². The zero-order valence-corrected chi connectivity index (χ0v) is 20.1. The van der Waals surface area contributed by atoms with Gasteiger partial charge in [-0.05, 0) is 68.1 Å². The fourth-order valence-electron chi connectivity index (χ4n) is 3.03. The van der Waals surface area contributed by atoms with Gasteiger partial charge in [-0.15, -0.1) is 0 Å². The molecular weight excluding hydrogens is 468 g/mol. The molecule has 0 saturated carbocycles. The first-order chi connectivity index (χ1) is 14.2. The Morgan fingerprint density at radius 2 is 1.87 bits per heavy atom. The first kappa shape index (κ1) is 24.2. The van der Waals surface area contributed by atoms with Gasteiger partial charge in [0.25, 0.3) is 5.91 Å². The van der Waals surface area contributed by atoms with E-state index in [9.17, 15) is 9.59 Å². The summed E-state index contributed by atoms with van der Waals surface area (Å²) in [6.45, 7) is 8.32. The van der Waals surface area contributed by atoms with E-state index in [-0.39, 0.29) is 25.0 Å². The van der Waals surface area contributed by atoms with Crippen LogP contribution in [0.5, 0.6) is 5.75 Å². The third-order valence-electron chi connectivity index (χ3n) is 4.73. The number of nitrogens with one attached hydrogen (secondary N) is 1. The van der Waals surface area contributed by atoms with Gasteiger partial charge in [0.15, 0.2) is 6.61 Å². The lowest BCUT2D eigenvalue weighted by Gasteiger charge is -2.29. The molecule has 0 aromatic heterocycles. The van der Waals surface area contributed by atoms with E-state index < -0.39 is 6.04 Å². The molecule has 2 amide bonds. The van der Waals surface area contributed by atoms with Crippen LogP contribution < -0.4 is 10.1 Å². The summed E-state index contributed by atoms with van der Waals surface area (Å²) in [7, 11) is 0. The van der Waals surface area contributed by atoms with Crippen molar-refractivity contribution in [2.24, 2.45) is 0 Å². The van der Waals surface area contributed by atoms with Gasteiger partial charge in [0, 0.05) is 22.6 Å². The summed E-state index contributed by atoms with van der Waals surface area (Å²) < 4.78 is 6.79. The molecule has 0 unspecified atom stereocenters. The highest BCUT2D eigenvalue weighted by molar-refractivity contribution is 9.10. The average Bonchev–Trinajstić information content (AvgIpc) is 2.71. The largest absolute Gasteiger partial charge is 0.484 e. The van der Waals surface area contributed by atoms with Crippen molar-refractivity contribution in [3.05, 3.63) is 62.6 Å². The Bertz CT molecular complexity index is 881. The van der Waals surface area contributed by atoms with Crippen molar-refractivity contribution in [3.63, 3.8) is 0 Å². The third-order valence-corrected chi connectivity index (χ3v) is 6.22. The molecule has 0 heterocycles. The summed E-state index contributed by atoms with van der Waals surface area (Å²) in [5, 5.41) is 3.44. The molecule has 30 heavy (non-hydrogen) atoms. The molecule has 5 nitrogen and oxygen atoms in total. The number of carbonyl (C=O) groups excluding carboxylic acids is 2. The molecule has 2 rings (SSSR count). The van der Waals surface area contributed by atoms with Crippen LogP contribution in [-0.2, 0) is 16.1 Å². The van der Waals surface area contributed by atoms with Crippen molar-refractivity contribution in [2.45, 2.75) is 46.7 Å². The van der Waals surface area contributed by atoms with Gasteiger partial charge in [-0.25, -0.2) is 0 Å². The number of hydrogen-bond acceptors (Lipinski definition) is 3. The highest BCUT2D eigenvalue weighted by Crippen LogP contribution is 2.26. The molecule has 162 valence electrons. The number of carbonyl (C=O) groups is 2. The van der Waals surface area contributed by atoms with Gasteiger partial charge in [-0.2, -0.15) is 0 Å². The number of nitrogens with zero attached hydrogens (tertiary/aromatic N) is 1. The Hall–Kier alpha value is -2.05. The third kappa shape index (κ3) is 6.74. The van der Waals surface area contributed by atoms with E-state index in [0.29, 0.717) is 17.3 Å². The van der Waals surface area contributed by atoms with E-state index in [1.807, 2.05) is 45.0 Å². The average molecular weight is 496 g/mol. The van der Waals surface area contributed by atoms with Gasteiger partial charge in [-0.1, -0.05) is 46.6 Å². The molecule has 0 bridgehead atoms. The summed E-state index contributed by atoms with van der Waals surface area (Å²) in [5.41, 5.74) is 2.91. The molecule has 0 saturated heterocycles. The number of amides is 2. The van der Waals surface area contributed by atoms with E-state index in [1.165, 1.54) is 4.90 Å². The predicted molar refractivity (Wildman–Crippen MR) is 124 cm³/mol. The zero-order chi connectivity index (χ0) is 22.3. The summed E-state index contributed by atoms with van der Waals surface area (Å²) in [4.78, 5) is 27.1. The van der Waals surface area contributed by atoms with Gasteiger partial charge in [-0.3, -0.25) is 9.59 Å². The Balaban J connectivity index is 2.17. The van der Waals surface area contributed by atoms with E-state index >= 15 is 0 Å². The minimum Gasteiger partial charge on any atom is -0.484 e. The second kappa shape index (κ2) is 11.4. The van der Waals surface area contributed by atoms with Crippen molar-refractivity contribution >= 4 is 39.3 Å². The zero-order valence-electron chi connectivity index (χ0n) is 17.8. The Labute approximate surface area is 191 Å². The van der Waals surface area contributed by atoms with Crippen LogP contribution in [0.2, 0.25) is 5.02 Å². The van der Waals surface area contributed by atoms with Crippen LogP contribution >= 0.6 is 27.5 Å². The van der Waals surface area contributed by atoms with Crippen molar-refractivity contribution < 1.29 is 14.3 Å². The van der Waals surface area contributed by atoms with Crippen LogP contribution in [0.3, 0.4) is 0 Å². The molecule has 0 aliphatic carbocycles. The van der Waals surface area contributed by atoms with Gasteiger partial charge >= 0.3 is 0 Å². The number of rotatable bonds is 9. The van der Waals surface area contributed by atoms with E-state index in [0.717, 1.165) is 27.6 Å². The van der Waals surface area contributed by atoms with Crippen LogP contribution in [-0.4, -0.2) is 35.9 Å². The first-order valence-electron chi connectivity index (χ1n) is 9.94. The molecule has 1 atom stereocenters. The second-order valence-corrected chi connectivity index (χ2v) is 8.51. The molecule has 0 spiro atoms. The number of aryl methyl sites for hydroxylation is 2. The fraction of sp³-hybridized carbons (Fsp3) is 0.391. The Morgan fingerprint density at radius 3 is 2.47 bits per heavy atom. The minimum atomic E-state index is -0.639. The minimum absolute atomic E-state index is 0.160. The summed E-state index contributed by atoms with van der Waals surface area (Å²) in [6.07, 6.45) is 0.825. The van der Waals surface area contributed by atoms with Gasteiger partial charge in [0.05, 0.1) is 0 Å². The van der Waals surface area contributed by atoms with E-state index in [2.05, 4.69) is 21.2 Å². The standard InChI is InChI=1S/C23H28BrClN2O3/c1-5-9-26-23(29)17(4)27(13-18-7-6-8-19(25)12-18)21(28)14-30-20-10-15(2)22(24)16(3)11-20/h6-8,10-12,17H,5,9,13-14H2,1-4H3,(H,26,29)/t17-/m1/s1. The lowest BCUT2D eigenvalue weighted by atomic mass is 10.1. The predicted octanol–water partition coefficient (Wildman–Crippen LogP) is 5.04. The van der Waals surface area contributed by atoms with Crippen molar-refractivity contribution in [3.8, 4) is 5.75 Å². The molecule has 2 aromatic rings. The van der Waals surface area contributed by atoms with Gasteiger partial charge in [0.2, 0.25) is 5.91 Å². The van der Waals surface area contributed by atoms with Gasteiger partial charge in [0.1, 0.15) is 11.8 Å². The molecule has 1 N–H and O–H groups in total. The SMILES string of the molecule is CCCNC(=O)[C@@H](C)N(Cc1cccc(Cl)c1)C(=O)COc1cc(C)c(Br)c(C)c1. The smallest absolute Gasteiger partial charge is 0.261 e. The lowest BCUT2D eigenvalue weighted by molar-refractivity contribution is -0.142. The fourth-order valence-corrected chi connectivity index (χ4v) is 3.47. The highest BCUT2D eigenvalue weighted by atomic mass is 79.9. The Morgan fingerprint density at radius 1 is 1.20 bits per heavy atom. The molecule has 0 fully saturated rings. The van der Waals surface area contributed by atoms with Crippen LogP contribution in [0.4, 0.5) is 0 Å². The maximum Gasteiger partial charge on any atom is 0.261 e. The number of ether oxygens (including phenoxy) is 1. The summed E-state index contributed by atoms with van der Waals surface area (Å²) in [6, 6.07) is 10.4. The summed E-state index contributed by atoms with van der Waals surface area (Å²) >= 11 is 9.62. The lowest BCUT2D eigenvalue weighted by Crippen LogP contribution is -2.49. The van der Waals surface area contributed by atoms with Crippen LogP contribution in [0, 0.1) is 13.8 Å². The van der Waals surface area contributed by atoms with Crippen LogP contribution in [0.1, 0.15) is 37.0 Å². The second-order valence-electron chi connectivity index (χ2n) is 7.28. The van der Waals surface area contributed by atoms with Crippen molar-refractivity contribution in [1.29, 1.82) is 0 Å². The summed E-state index contributed by atoms with van der Waals surface area (Å²) in [5.74, 6) is 0.155. The first-order valence-corrected chi connectivity index (χ1v) is 11.1. The topological polar surface area (TPSA) is 58.6 Å².